The summed E-state index contributed by atoms with van der Waals surface area (Å²) >= 11 is 5.82. The first-order valence-corrected chi connectivity index (χ1v) is 7.69. The van der Waals surface area contributed by atoms with Crippen LogP contribution < -0.4 is 15.1 Å². The van der Waals surface area contributed by atoms with E-state index < -0.39 is 17.8 Å². The molecule has 25 heavy (non-hydrogen) atoms. The molecule has 7 nitrogen and oxygen atoms in total. The highest BCUT2D eigenvalue weighted by molar-refractivity contribution is 6.39. The van der Waals surface area contributed by atoms with Crippen molar-refractivity contribution in [3.8, 4) is 0 Å². The molecule has 4 amide bonds. The molecule has 0 bridgehead atoms. The Morgan fingerprint density at radius 1 is 1.08 bits per heavy atom. The van der Waals surface area contributed by atoms with Crippen LogP contribution in [0.15, 0.2) is 46.4 Å². The molecule has 1 aliphatic rings. The van der Waals surface area contributed by atoms with Crippen molar-refractivity contribution < 1.29 is 18.8 Å². The lowest BCUT2D eigenvalue weighted by atomic mass is 10.1. The molecule has 1 aliphatic heterocycles. The first-order chi connectivity index (χ1) is 11.9. The van der Waals surface area contributed by atoms with E-state index in [0.717, 1.165) is 4.90 Å². The van der Waals surface area contributed by atoms with Crippen LogP contribution in [0.1, 0.15) is 5.76 Å². The first kappa shape index (κ1) is 16.8. The summed E-state index contributed by atoms with van der Waals surface area (Å²) in [4.78, 5) is 39.4. The molecule has 0 aliphatic carbocycles. The molecule has 0 unspecified atom stereocenters. The van der Waals surface area contributed by atoms with Gasteiger partial charge >= 0.3 is 6.03 Å². The number of carbonyl (C=O) groups excluding carboxylic acids is 3. The number of nitrogens with zero attached hydrogens (tertiary/aromatic N) is 2. The van der Waals surface area contributed by atoms with Gasteiger partial charge in [-0.2, -0.15) is 0 Å². The van der Waals surface area contributed by atoms with Crippen molar-refractivity contribution >= 4 is 47.1 Å². The third-order valence-electron chi connectivity index (χ3n) is 3.53. The number of amides is 4. The SMILES string of the molecule is CN(C)c1ccc(C=C2C(=O)NC(=O)N(c3ccc(Cl)cc3)C2=O)o1. The fourth-order valence-electron chi connectivity index (χ4n) is 2.28. The minimum absolute atomic E-state index is 0.200. The molecular weight excluding hydrogens is 346 g/mol. The van der Waals surface area contributed by atoms with Crippen molar-refractivity contribution in [3.63, 3.8) is 0 Å². The number of nitrogens with one attached hydrogen (secondary N) is 1. The number of urea groups is 1. The Balaban J connectivity index is 1.97. The third-order valence-corrected chi connectivity index (χ3v) is 3.78. The number of anilines is 2. The van der Waals surface area contributed by atoms with Gasteiger partial charge in [0.2, 0.25) is 0 Å². The van der Waals surface area contributed by atoms with Crippen LogP contribution in [-0.2, 0) is 9.59 Å². The van der Waals surface area contributed by atoms with E-state index in [1.807, 2.05) is 0 Å². The number of carbonyl (C=O) groups is 3. The van der Waals surface area contributed by atoms with Gasteiger partial charge < -0.3 is 9.32 Å². The van der Waals surface area contributed by atoms with Crippen LogP contribution in [0, 0.1) is 0 Å². The van der Waals surface area contributed by atoms with Crippen LogP contribution in [0.25, 0.3) is 6.08 Å². The molecule has 0 atom stereocenters. The summed E-state index contributed by atoms with van der Waals surface area (Å²) in [7, 11) is 3.60. The predicted molar refractivity (Wildman–Crippen MR) is 93.5 cm³/mol. The summed E-state index contributed by atoms with van der Waals surface area (Å²) in [5.74, 6) is -0.615. The Hall–Kier alpha value is -3.06. The number of furan rings is 1. The first-order valence-electron chi connectivity index (χ1n) is 7.31. The smallest absolute Gasteiger partial charge is 0.335 e. The molecule has 3 rings (SSSR count). The van der Waals surface area contributed by atoms with Crippen molar-refractivity contribution in [3.05, 3.63) is 52.8 Å². The molecule has 1 aromatic heterocycles. The van der Waals surface area contributed by atoms with Crippen LogP contribution in [0.5, 0.6) is 0 Å². The van der Waals surface area contributed by atoms with Crippen LogP contribution >= 0.6 is 11.6 Å². The zero-order valence-corrected chi connectivity index (χ0v) is 14.2. The summed E-state index contributed by atoms with van der Waals surface area (Å²) in [6.45, 7) is 0. The molecule has 1 saturated heterocycles. The number of hydrogen-bond acceptors (Lipinski definition) is 5. The van der Waals surface area contributed by atoms with E-state index in [9.17, 15) is 14.4 Å². The van der Waals surface area contributed by atoms with Crippen molar-refractivity contribution in [2.45, 2.75) is 0 Å². The second kappa shape index (κ2) is 6.45. The molecule has 2 heterocycles. The van der Waals surface area contributed by atoms with Gasteiger partial charge in [-0.05, 0) is 36.4 Å². The van der Waals surface area contributed by atoms with Crippen molar-refractivity contribution in [1.82, 2.24) is 5.32 Å². The van der Waals surface area contributed by atoms with E-state index in [4.69, 9.17) is 16.0 Å². The lowest BCUT2D eigenvalue weighted by Gasteiger charge is -2.26. The third kappa shape index (κ3) is 3.27. The van der Waals surface area contributed by atoms with Gasteiger partial charge in [-0.15, -0.1) is 0 Å². The largest absolute Gasteiger partial charge is 0.441 e. The quantitative estimate of drug-likeness (QED) is 0.673. The normalized spacial score (nSPS) is 16.4. The van der Waals surface area contributed by atoms with Gasteiger partial charge in [0.25, 0.3) is 11.8 Å². The van der Waals surface area contributed by atoms with Crippen molar-refractivity contribution in [2.24, 2.45) is 0 Å². The Morgan fingerprint density at radius 3 is 2.36 bits per heavy atom. The summed E-state index contributed by atoms with van der Waals surface area (Å²) in [6.07, 6.45) is 1.31. The van der Waals surface area contributed by atoms with Crippen LogP contribution in [0.2, 0.25) is 5.02 Å². The van der Waals surface area contributed by atoms with Crippen LogP contribution in [0.3, 0.4) is 0 Å². The van der Waals surface area contributed by atoms with E-state index in [0.29, 0.717) is 22.4 Å². The van der Waals surface area contributed by atoms with E-state index >= 15 is 0 Å². The van der Waals surface area contributed by atoms with Gasteiger partial charge in [0.15, 0.2) is 5.88 Å². The molecular formula is C17H14ClN3O4. The standard InChI is InChI=1S/C17H14ClN3O4/c1-20(2)14-8-7-12(25-14)9-13-15(22)19-17(24)21(16(13)23)11-5-3-10(18)4-6-11/h3-9H,1-2H3,(H,19,22,24). The highest BCUT2D eigenvalue weighted by Gasteiger charge is 2.37. The molecule has 1 aromatic carbocycles. The van der Waals surface area contributed by atoms with E-state index in [1.54, 1.807) is 43.3 Å². The average Bonchev–Trinajstić information content (AvgIpc) is 3.02. The minimum atomic E-state index is -0.817. The zero-order chi connectivity index (χ0) is 18.1. The lowest BCUT2D eigenvalue weighted by Crippen LogP contribution is -2.54. The highest BCUT2D eigenvalue weighted by atomic mass is 35.5. The van der Waals surface area contributed by atoms with Gasteiger partial charge in [-0.25, -0.2) is 9.69 Å². The Morgan fingerprint density at radius 2 is 1.76 bits per heavy atom. The maximum atomic E-state index is 12.7. The number of halogens is 1. The maximum absolute atomic E-state index is 12.7. The van der Waals surface area contributed by atoms with E-state index in [-0.39, 0.29) is 5.57 Å². The van der Waals surface area contributed by atoms with E-state index in [1.165, 1.54) is 18.2 Å². The van der Waals surface area contributed by atoms with Gasteiger partial charge in [-0.1, -0.05) is 11.6 Å². The number of imide groups is 2. The lowest BCUT2D eigenvalue weighted by molar-refractivity contribution is -0.122. The van der Waals surface area contributed by atoms with Crippen molar-refractivity contribution in [1.29, 1.82) is 0 Å². The fourth-order valence-corrected chi connectivity index (χ4v) is 2.41. The molecule has 1 N–H and O–H groups in total. The Labute approximate surface area is 148 Å². The van der Waals surface area contributed by atoms with Crippen molar-refractivity contribution in [2.75, 3.05) is 23.9 Å². The Bertz CT molecular complexity index is 884. The number of hydrogen-bond donors (Lipinski definition) is 1. The monoisotopic (exact) mass is 359 g/mol. The van der Waals surface area contributed by atoms with E-state index in [2.05, 4.69) is 5.32 Å². The van der Waals surface area contributed by atoms with Crippen LogP contribution in [-0.4, -0.2) is 31.9 Å². The molecule has 1 fully saturated rings. The predicted octanol–water partition coefficient (Wildman–Crippen LogP) is 2.67. The summed E-state index contributed by atoms with van der Waals surface area (Å²) in [5.41, 5.74) is 0.105. The molecule has 0 saturated carbocycles. The topological polar surface area (TPSA) is 82.9 Å². The maximum Gasteiger partial charge on any atom is 0.335 e. The fraction of sp³-hybridized carbons (Fsp3) is 0.118. The molecule has 128 valence electrons. The second-order valence-electron chi connectivity index (χ2n) is 5.50. The number of barbiturate groups is 1. The van der Waals surface area contributed by atoms with Gasteiger partial charge in [0.05, 0.1) is 5.69 Å². The average molecular weight is 360 g/mol. The molecule has 0 spiro atoms. The van der Waals surface area contributed by atoms with Gasteiger partial charge in [0.1, 0.15) is 11.3 Å². The van der Waals surface area contributed by atoms with Gasteiger partial charge in [-0.3, -0.25) is 14.9 Å². The zero-order valence-electron chi connectivity index (χ0n) is 13.4. The van der Waals surface area contributed by atoms with Gasteiger partial charge in [0, 0.05) is 25.2 Å². The summed E-state index contributed by atoms with van der Waals surface area (Å²) < 4.78 is 5.52. The summed E-state index contributed by atoms with van der Waals surface area (Å²) in [5, 5.41) is 2.61. The Kier molecular flexibility index (Phi) is 4.33. The molecule has 0 radical (unpaired) electrons. The molecule has 8 heteroatoms. The number of benzene rings is 1. The minimum Gasteiger partial charge on any atom is -0.441 e. The highest BCUT2D eigenvalue weighted by Crippen LogP contribution is 2.24. The second-order valence-corrected chi connectivity index (χ2v) is 5.94. The summed E-state index contributed by atoms with van der Waals surface area (Å²) in [6, 6.07) is 8.66. The number of rotatable bonds is 3. The van der Waals surface area contributed by atoms with Crippen LogP contribution in [0.4, 0.5) is 16.4 Å². The molecule has 2 aromatic rings.